The molecule has 1 aliphatic heterocycles. The zero-order chi connectivity index (χ0) is 23.6. The second-order valence-corrected chi connectivity index (χ2v) is 11.6. The van der Waals surface area contributed by atoms with Crippen LogP contribution < -0.4 is 5.32 Å². The van der Waals surface area contributed by atoms with Gasteiger partial charge in [-0.3, -0.25) is 10.1 Å². The number of aromatic nitrogens is 2. The van der Waals surface area contributed by atoms with Crippen LogP contribution in [0.5, 0.6) is 0 Å². The van der Waals surface area contributed by atoms with E-state index in [1.54, 1.807) is 12.1 Å². The molecule has 174 valence electrons. The predicted octanol–water partition coefficient (Wildman–Crippen LogP) is 2.18. The molecule has 1 fully saturated rings. The molecule has 0 radical (unpaired) electrons. The number of carbonyl (C=O) groups excluding carboxylic acids is 1. The van der Waals surface area contributed by atoms with Crippen molar-refractivity contribution >= 4 is 31.8 Å². The van der Waals surface area contributed by atoms with Crippen molar-refractivity contribution in [3.8, 4) is 11.5 Å². The summed E-state index contributed by atoms with van der Waals surface area (Å²) in [4.78, 5) is 12.5. The van der Waals surface area contributed by atoms with E-state index in [0.717, 1.165) is 17.9 Å². The van der Waals surface area contributed by atoms with Crippen molar-refractivity contribution in [1.29, 1.82) is 0 Å². The average Bonchev–Trinajstić information content (AvgIpc) is 3.28. The van der Waals surface area contributed by atoms with Crippen LogP contribution in [-0.2, 0) is 24.7 Å². The van der Waals surface area contributed by atoms with Crippen molar-refractivity contribution in [3.63, 3.8) is 0 Å². The van der Waals surface area contributed by atoms with E-state index < -0.39 is 25.8 Å². The molecular weight excluding hydrogens is 468 g/mol. The molecule has 1 aliphatic rings. The number of anilines is 1. The van der Waals surface area contributed by atoms with Gasteiger partial charge >= 0.3 is 6.01 Å². The first-order valence-corrected chi connectivity index (χ1v) is 13.5. The van der Waals surface area contributed by atoms with Gasteiger partial charge in [0.05, 0.1) is 9.79 Å². The van der Waals surface area contributed by atoms with Gasteiger partial charge in [0.15, 0.2) is 9.84 Å². The lowest BCUT2D eigenvalue weighted by atomic mass is 9.97. The average molecular weight is 491 g/mol. The summed E-state index contributed by atoms with van der Waals surface area (Å²) < 4.78 is 56.2. The molecule has 0 bridgehead atoms. The first-order chi connectivity index (χ1) is 15.6. The van der Waals surface area contributed by atoms with E-state index in [1.165, 1.54) is 22.5 Å². The van der Waals surface area contributed by atoms with Crippen LogP contribution in [0.1, 0.15) is 12.8 Å². The summed E-state index contributed by atoms with van der Waals surface area (Å²) in [5.74, 6) is -0.469. The number of nitrogens with zero attached hydrogens (tertiary/aromatic N) is 3. The fourth-order valence-corrected chi connectivity index (χ4v) is 5.81. The molecule has 0 spiro atoms. The minimum atomic E-state index is -3.88. The molecule has 0 saturated carbocycles. The number of benzene rings is 2. The van der Waals surface area contributed by atoms with Crippen LogP contribution in [0.15, 0.2) is 68.8 Å². The van der Waals surface area contributed by atoms with Crippen LogP contribution in [0.2, 0.25) is 0 Å². The lowest BCUT2D eigenvalue weighted by molar-refractivity contribution is -0.121. The third kappa shape index (κ3) is 5.13. The number of sulfonamides is 1. The molecule has 0 aliphatic carbocycles. The lowest BCUT2D eigenvalue weighted by Gasteiger charge is -2.30. The van der Waals surface area contributed by atoms with Crippen molar-refractivity contribution in [1.82, 2.24) is 14.5 Å². The zero-order valence-corrected chi connectivity index (χ0v) is 19.3. The first kappa shape index (κ1) is 23.1. The number of amides is 1. The largest absolute Gasteiger partial charge is 0.403 e. The van der Waals surface area contributed by atoms with Crippen LogP contribution in [0, 0.1) is 5.92 Å². The third-order valence-corrected chi connectivity index (χ3v) is 8.38. The molecule has 1 aromatic heterocycles. The van der Waals surface area contributed by atoms with Gasteiger partial charge in [0.25, 0.3) is 0 Å². The number of piperidine rings is 1. The highest BCUT2D eigenvalue weighted by molar-refractivity contribution is 7.91. The molecule has 3 aromatic rings. The molecule has 0 unspecified atom stereocenters. The highest BCUT2D eigenvalue weighted by Gasteiger charge is 2.33. The summed E-state index contributed by atoms with van der Waals surface area (Å²) in [6.45, 7) is 0.255. The Morgan fingerprint density at radius 1 is 0.970 bits per heavy atom. The smallest absolute Gasteiger partial charge is 0.322 e. The Labute approximate surface area is 191 Å². The summed E-state index contributed by atoms with van der Waals surface area (Å²) >= 11 is 0. The van der Waals surface area contributed by atoms with Crippen LogP contribution in [-0.4, -0.2) is 56.6 Å². The number of carbonyl (C=O) groups is 1. The van der Waals surface area contributed by atoms with E-state index >= 15 is 0 Å². The normalized spacial score (nSPS) is 15.9. The monoisotopic (exact) mass is 490 g/mol. The Kier molecular flexibility index (Phi) is 6.32. The SMILES string of the molecule is CS(=O)(=O)c1cccc(S(=O)(=O)N2CCC(C(=O)Nc3nnc(-c4ccccc4)o3)CC2)c1. The maximum Gasteiger partial charge on any atom is 0.322 e. The molecule has 12 heteroatoms. The minimum Gasteiger partial charge on any atom is -0.403 e. The molecule has 33 heavy (non-hydrogen) atoms. The van der Waals surface area contributed by atoms with Crippen molar-refractivity contribution in [2.75, 3.05) is 24.7 Å². The van der Waals surface area contributed by atoms with E-state index in [2.05, 4.69) is 15.5 Å². The fourth-order valence-electron chi connectivity index (χ4n) is 3.55. The summed E-state index contributed by atoms with van der Waals surface area (Å²) in [5.41, 5.74) is 0.726. The van der Waals surface area contributed by atoms with Crippen molar-refractivity contribution in [3.05, 3.63) is 54.6 Å². The number of sulfone groups is 1. The third-order valence-electron chi connectivity index (χ3n) is 5.37. The Hall–Kier alpha value is -3.09. The first-order valence-electron chi connectivity index (χ1n) is 10.1. The van der Waals surface area contributed by atoms with Crippen molar-refractivity contribution in [2.24, 2.45) is 5.92 Å². The van der Waals surface area contributed by atoms with E-state index in [-0.39, 0.29) is 40.7 Å². The van der Waals surface area contributed by atoms with Crippen LogP contribution in [0.25, 0.3) is 11.5 Å². The van der Waals surface area contributed by atoms with Gasteiger partial charge in [-0.1, -0.05) is 29.4 Å². The van der Waals surface area contributed by atoms with Gasteiger partial charge in [0, 0.05) is 30.8 Å². The maximum absolute atomic E-state index is 13.0. The van der Waals surface area contributed by atoms with Crippen molar-refractivity contribution in [2.45, 2.75) is 22.6 Å². The second-order valence-electron chi connectivity index (χ2n) is 7.69. The van der Waals surface area contributed by atoms with E-state index in [9.17, 15) is 21.6 Å². The number of rotatable bonds is 6. The molecule has 0 atom stereocenters. The standard InChI is InChI=1S/C21H22N4O6S2/c1-32(27,28)17-8-5-9-18(14-17)33(29,30)25-12-10-15(11-13-25)19(26)22-21-24-23-20(31-21)16-6-3-2-4-7-16/h2-9,14-15H,10-13H2,1H3,(H,22,24,26). The highest BCUT2D eigenvalue weighted by atomic mass is 32.2. The van der Waals surface area contributed by atoms with Crippen LogP contribution in [0.3, 0.4) is 0 Å². The lowest BCUT2D eigenvalue weighted by Crippen LogP contribution is -2.41. The van der Waals surface area contributed by atoms with Gasteiger partial charge in [-0.2, -0.15) is 4.31 Å². The van der Waals surface area contributed by atoms with Gasteiger partial charge in [0.1, 0.15) is 0 Å². The number of hydrogen-bond acceptors (Lipinski definition) is 8. The summed E-state index contributed by atoms with van der Waals surface area (Å²) in [7, 11) is -7.42. The number of nitrogens with one attached hydrogen (secondary N) is 1. The second kappa shape index (κ2) is 9.04. The molecule has 1 saturated heterocycles. The highest BCUT2D eigenvalue weighted by Crippen LogP contribution is 2.26. The Bertz CT molecular complexity index is 1360. The van der Waals surface area contributed by atoms with Gasteiger partial charge in [-0.25, -0.2) is 16.8 Å². The summed E-state index contributed by atoms with van der Waals surface area (Å²) in [6, 6.07) is 14.4. The molecular formula is C21H22N4O6S2. The molecule has 1 amide bonds. The van der Waals surface area contributed by atoms with Gasteiger partial charge in [-0.05, 0) is 43.2 Å². The van der Waals surface area contributed by atoms with E-state index in [0.29, 0.717) is 12.8 Å². The Morgan fingerprint density at radius 2 is 1.64 bits per heavy atom. The summed E-state index contributed by atoms with van der Waals surface area (Å²) in [5, 5.41) is 10.4. The van der Waals surface area contributed by atoms with Gasteiger partial charge in [-0.15, -0.1) is 5.10 Å². The van der Waals surface area contributed by atoms with Crippen molar-refractivity contribution < 1.29 is 26.0 Å². The zero-order valence-electron chi connectivity index (χ0n) is 17.7. The number of hydrogen-bond donors (Lipinski definition) is 1. The van der Waals surface area contributed by atoms with Gasteiger partial charge in [0.2, 0.25) is 21.8 Å². The molecule has 10 nitrogen and oxygen atoms in total. The molecule has 2 heterocycles. The Morgan fingerprint density at radius 3 is 2.30 bits per heavy atom. The topological polar surface area (TPSA) is 140 Å². The predicted molar refractivity (Wildman–Crippen MR) is 119 cm³/mol. The fraction of sp³-hybridized carbons (Fsp3) is 0.286. The summed E-state index contributed by atoms with van der Waals surface area (Å²) in [6.07, 6.45) is 1.63. The maximum atomic E-state index is 13.0. The van der Waals surface area contributed by atoms with Crippen LogP contribution in [0.4, 0.5) is 6.01 Å². The quantitative estimate of drug-likeness (QED) is 0.555. The molecule has 4 rings (SSSR count). The minimum absolute atomic E-state index is 0.0218. The van der Waals surface area contributed by atoms with Gasteiger partial charge < -0.3 is 4.42 Å². The van der Waals surface area contributed by atoms with Crippen LogP contribution >= 0.6 is 0 Å². The Balaban J connectivity index is 1.39. The molecule has 1 N–H and O–H groups in total. The molecule has 2 aromatic carbocycles. The van der Waals surface area contributed by atoms with E-state index in [1.807, 2.05) is 18.2 Å². The van der Waals surface area contributed by atoms with E-state index in [4.69, 9.17) is 4.42 Å².